The summed E-state index contributed by atoms with van der Waals surface area (Å²) >= 11 is 0. The predicted octanol–water partition coefficient (Wildman–Crippen LogP) is 1.86. The minimum Gasteiger partial charge on any atom is -0.495 e. The molecule has 1 heterocycles. The van der Waals surface area contributed by atoms with E-state index in [1.807, 2.05) is 6.92 Å². The molecule has 0 saturated carbocycles. The van der Waals surface area contributed by atoms with Crippen molar-refractivity contribution < 1.29 is 22.7 Å². The molecule has 8 nitrogen and oxygen atoms in total. The number of nitrogens with zero attached hydrogens (tertiary/aromatic N) is 1. The van der Waals surface area contributed by atoms with Crippen LogP contribution in [0.25, 0.3) is 0 Å². The molecule has 3 rings (SSSR count). The Labute approximate surface area is 169 Å². The number of sulfonamides is 1. The zero-order valence-corrected chi connectivity index (χ0v) is 17.1. The lowest BCUT2D eigenvalue weighted by Gasteiger charge is -2.18. The number of carbonyl (C=O) groups is 2. The fourth-order valence-corrected chi connectivity index (χ4v) is 4.75. The van der Waals surface area contributed by atoms with Crippen molar-refractivity contribution >= 4 is 21.8 Å². The molecule has 2 aromatic rings. The van der Waals surface area contributed by atoms with Gasteiger partial charge in [0.15, 0.2) is 0 Å². The first-order chi connectivity index (χ1) is 13.8. The Kier molecular flexibility index (Phi) is 6.19. The van der Waals surface area contributed by atoms with Gasteiger partial charge in [0, 0.05) is 24.2 Å². The van der Waals surface area contributed by atoms with E-state index in [9.17, 15) is 18.0 Å². The zero-order chi connectivity index (χ0) is 21.0. The highest BCUT2D eigenvalue weighted by Gasteiger charge is 2.30. The largest absolute Gasteiger partial charge is 0.495 e. The average molecular weight is 417 g/mol. The molecule has 0 atom stereocenters. The quantitative estimate of drug-likeness (QED) is 0.723. The Hall–Kier alpha value is -2.91. The Morgan fingerprint density at radius 1 is 0.931 bits per heavy atom. The fraction of sp³-hybridized carbons (Fsp3) is 0.300. The molecule has 0 aromatic heterocycles. The molecule has 1 fully saturated rings. The van der Waals surface area contributed by atoms with E-state index in [1.165, 1.54) is 29.6 Å². The van der Waals surface area contributed by atoms with Crippen molar-refractivity contribution in [3.8, 4) is 5.75 Å². The van der Waals surface area contributed by atoms with Crippen LogP contribution < -0.4 is 15.6 Å². The van der Waals surface area contributed by atoms with Gasteiger partial charge in [-0.15, -0.1) is 0 Å². The molecule has 154 valence electrons. The third-order valence-electron chi connectivity index (χ3n) is 4.71. The van der Waals surface area contributed by atoms with E-state index in [2.05, 4.69) is 10.9 Å². The van der Waals surface area contributed by atoms with Gasteiger partial charge in [0.25, 0.3) is 11.8 Å². The van der Waals surface area contributed by atoms with Crippen molar-refractivity contribution in [2.45, 2.75) is 24.7 Å². The maximum Gasteiger partial charge on any atom is 0.269 e. The van der Waals surface area contributed by atoms with E-state index < -0.39 is 21.8 Å². The number of nitrogens with one attached hydrogen (secondary N) is 2. The van der Waals surface area contributed by atoms with Crippen molar-refractivity contribution in [1.82, 2.24) is 15.2 Å². The molecule has 0 bridgehead atoms. The number of carbonyl (C=O) groups excluding carboxylic acids is 2. The van der Waals surface area contributed by atoms with Crippen LogP contribution in [0.1, 0.15) is 39.1 Å². The number of amides is 2. The Morgan fingerprint density at radius 2 is 1.48 bits per heavy atom. The molecule has 2 N–H and O–H groups in total. The molecular formula is C20H23N3O5S. The van der Waals surface area contributed by atoms with E-state index in [4.69, 9.17) is 4.74 Å². The number of hydrazine groups is 1. The predicted molar refractivity (Wildman–Crippen MR) is 107 cm³/mol. The fourth-order valence-electron chi connectivity index (χ4n) is 3.05. The first kappa shape index (κ1) is 20.8. The minimum absolute atomic E-state index is 0.0700. The summed E-state index contributed by atoms with van der Waals surface area (Å²) in [7, 11) is -2.40. The second kappa shape index (κ2) is 8.62. The summed E-state index contributed by atoms with van der Waals surface area (Å²) in [6, 6.07) is 11.0. The molecule has 0 spiro atoms. The molecule has 0 radical (unpaired) electrons. The number of methoxy groups -OCH3 is 1. The zero-order valence-electron chi connectivity index (χ0n) is 16.3. The summed E-state index contributed by atoms with van der Waals surface area (Å²) in [5, 5.41) is 0. The molecule has 2 aromatic carbocycles. The van der Waals surface area contributed by atoms with Gasteiger partial charge in [-0.05, 0) is 50.1 Å². The van der Waals surface area contributed by atoms with E-state index >= 15 is 0 Å². The summed E-state index contributed by atoms with van der Waals surface area (Å²) in [5.41, 5.74) is 6.13. The third kappa shape index (κ3) is 4.57. The van der Waals surface area contributed by atoms with Gasteiger partial charge in [-0.3, -0.25) is 20.4 Å². The topological polar surface area (TPSA) is 105 Å². The van der Waals surface area contributed by atoms with Crippen molar-refractivity contribution in [2.75, 3.05) is 20.2 Å². The number of hydrogen-bond acceptors (Lipinski definition) is 5. The van der Waals surface area contributed by atoms with Crippen molar-refractivity contribution in [3.63, 3.8) is 0 Å². The highest BCUT2D eigenvalue weighted by Crippen LogP contribution is 2.29. The van der Waals surface area contributed by atoms with Crippen LogP contribution in [0.15, 0.2) is 47.4 Å². The van der Waals surface area contributed by atoms with Crippen LogP contribution in [0.4, 0.5) is 0 Å². The molecule has 0 aliphatic carbocycles. The summed E-state index contributed by atoms with van der Waals surface area (Å²) in [5.74, 6) is -0.945. The monoisotopic (exact) mass is 417 g/mol. The normalized spacial score (nSPS) is 14.4. The number of benzene rings is 2. The molecule has 0 unspecified atom stereocenters. The summed E-state index contributed by atoms with van der Waals surface area (Å²) in [6.07, 6.45) is 1.60. The van der Waals surface area contributed by atoms with Crippen LogP contribution >= 0.6 is 0 Å². The maximum absolute atomic E-state index is 12.9. The van der Waals surface area contributed by atoms with Gasteiger partial charge in [-0.1, -0.05) is 17.7 Å². The lowest BCUT2D eigenvalue weighted by molar-refractivity contribution is 0.0846. The molecule has 1 aliphatic heterocycles. The number of aryl methyl sites for hydroxylation is 1. The van der Waals surface area contributed by atoms with E-state index in [0.29, 0.717) is 18.7 Å². The van der Waals surface area contributed by atoms with E-state index in [1.54, 1.807) is 24.3 Å². The minimum atomic E-state index is -3.77. The van der Waals surface area contributed by atoms with Gasteiger partial charge in [-0.25, -0.2) is 8.42 Å². The first-order valence-corrected chi connectivity index (χ1v) is 10.6. The van der Waals surface area contributed by atoms with E-state index in [-0.39, 0.29) is 16.2 Å². The van der Waals surface area contributed by atoms with Crippen molar-refractivity contribution in [1.29, 1.82) is 0 Å². The molecular weight excluding hydrogens is 394 g/mol. The van der Waals surface area contributed by atoms with Gasteiger partial charge in [0.2, 0.25) is 10.0 Å². The molecule has 2 amide bonds. The van der Waals surface area contributed by atoms with Crippen molar-refractivity contribution in [3.05, 3.63) is 59.2 Å². The van der Waals surface area contributed by atoms with Gasteiger partial charge in [0.1, 0.15) is 10.6 Å². The van der Waals surface area contributed by atoms with Crippen LogP contribution in [0.2, 0.25) is 0 Å². The summed E-state index contributed by atoms with van der Waals surface area (Å²) < 4.78 is 32.4. The Bertz CT molecular complexity index is 1010. The van der Waals surface area contributed by atoms with Gasteiger partial charge in [-0.2, -0.15) is 4.31 Å². The van der Waals surface area contributed by atoms with Crippen molar-refractivity contribution in [2.24, 2.45) is 0 Å². The smallest absolute Gasteiger partial charge is 0.269 e. The molecule has 29 heavy (non-hydrogen) atoms. The van der Waals surface area contributed by atoms with Crippen LogP contribution in [-0.4, -0.2) is 44.7 Å². The SMILES string of the molecule is COc1ccc(C(=O)NNC(=O)c2ccc(C)cc2)cc1S(=O)(=O)N1CCCC1. The van der Waals surface area contributed by atoms with Crippen LogP contribution in [0.3, 0.4) is 0 Å². The second-order valence-corrected chi connectivity index (χ2v) is 8.66. The maximum atomic E-state index is 12.9. The molecule has 1 aliphatic rings. The highest BCUT2D eigenvalue weighted by molar-refractivity contribution is 7.89. The number of hydrogen-bond donors (Lipinski definition) is 2. The molecule has 9 heteroatoms. The Morgan fingerprint density at radius 3 is 2.07 bits per heavy atom. The number of ether oxygens (including phenoxy) is 1. The highest BCUT2D eigenvalue weighted by atomic mass is 32.2. The average Bonchev–Trinajstić information content (AvgIpc) is 3.27. The molecule has 1 saturated heterocycles. The van der Waals surface area contributed by atoms with Crippen LogP contribution in [0.5, 0.6) is 5.75 Å². The van der Waals surface area contributed by atoms with Crippen LogP contribution in [0, 0.1) is 6.92 Å². The van der Waals surface area contributed by atoms with Gasteiger partial charge in [0.05, 0.1) is 7.11 Å². The number of rotatable bonds is 5. The third-order valence-corrected chi connectivity index (χ3v) is 6.63. The standard InChI is InChI=1S/C20H23N3O5S/c1-14-5-7-15(8-6-14)19(24)21-22-20(25)16-9-10-17(28-2)18(13-16)29(26,27)23-11-3-4-12-23/h5-10,13H,3-4,11-12H2,1-2H3,(H,21,24)(H,22,25). The summed E-state index contributed by atoms with van der Waals surface area (Å²) in [4.78, 5) is 24.5. The first-order valence-electron chi connectivity index (χ1n) is 9.18. The second-order valence-electron chi connectivity index (χ2n) is 6.75. The summed E-state index contributed by atoms with van der Waals surface area (Å²) in [6.45, 7) is 2.78. The Balaban J connectivity index is 1.77. The van der Waals surface area contributed by atoms with Gasteiger partial charge < -0.3 is 4.74 Å². The lowest BCUT2D eigenvalue weighted by atomic mass is 10.1. The van der Waals surface area contributed by atoms with E-state index in [0.717, 1.165) is 18.4 Å². The lowest BCUT2D eigenvalue weighted by Crippen LogP contribution is -2.41. The van der Waals surface area contributed by atoms with Crippen LogP contribution in [-0.2, 0) is 10.0 Å². The van der Waals surface area contributed by atoms with Gasteiger partial charge >= 0.3 is 0 Å².